The quantitative estimate of drug-likeness (QED) is 0.294. The summed E-state index contributed by atoms with van der Waals surface area (Å²) < 4.78 is 13.2. The molecular formula is C20H33OP. The Labute approximate surface area is 137 Å². The van der Waals surface area contributed by atoms with Crippen molar-refractivity contribution in [2.45, 2.75) is 65.2 Å². The monoisotopic (exact) mass is 320 g/mol. The Bertz CT molecular complexity index is 434. The highest BCUT2D eigenvalue weighted by atomic mass is 31.2. The Morgan fingerprint density at radius 2 is 1.36 bits per heavy atom. The average Bonchev–Trinajstić information content (AvgIpc) is 2.55. The molecule has 1 aromatic carbocycles. The fourth-order valence-electron chi connectivity index (χ4n) is 2.66. The number of hydrogen-bond donors (Lipinski definition) is 0. The second kappa shape index (κ2) is 11.7. The molecule has 0 aliphatic rings. The smallest absolute Gasteiger partial charge is 0.108 e. The lowest BCUT2D eigenvalue weighted by Crippen LogP contribution is -1.95. The van der Waals surface area contributed by atoms with Crippen molar-refractivity contribution >= 4 is 13.2 Å². The Balaban J connectivity index is 2.59. The molecule has 0 aliphatic carbocycles. The summed E-state index contributed by atoms with van der Waals surface area (Å²) >= 11 is 0. The van der Waals surface area contributed by atoms with E-state index in [1.54, 1.807) is 0 Å². The molecule has 0 unspecified atom stereocenters. The topological polar surface area (TPSA) is 17.1 Å². The third-order valence-corrected chi connectivity index (χ3v) is 6.96. The van der Waals surface area contributed by atoms with Crippen LogP contribution in [0.5, 0.6) is 0 Å². The molecule has 124 valence electrons. The van der Waals surface area contributed by atoms with Crippen LogP contribution in [-0.2, 0) is 4.57 Å². The van der Waals surface area contributed by atoms with Gasteiger partial charge in [0.2, 0.25) is 0 Å². The maximum Gasteiger partial charge on any atom is 0.108 e. The average molecular weight is 320 g/mol. The van der Waals surface area contributed by atoms with Gasteiger partial charge in [-0.05, 0) is 24.2 Å². The van der Waals surface area contributed by atoms with Crippen molar-refractivity contribution < 1.29 is 4.57 Å². The number of rotatable bonds is 12. The number of benzene rings is 1. The van der Waals surface area contributed by atoms with Crippen LogP contribution < -0.4 is 0 Å². The van der Waals surface area contributed by atoms with Crippen molar-refractivity contribution in [2.75, 3.05) is 12.3 Å². The molecule has 0 fully saturated rings. The molecule has 0 saturated carbocycles. The van der Waals surface area contributed by atoms with Gasteiger partial charge in [-0.15, -0.1) is 0 Å². The highest BCUT2D eigenvalue weighted by Crippen LogP contribution is 2.49. The van der Waals surface area contributed by atoms with Crippen molar-refractivity contribution in [1.29, 1.82) is 0 Å². The number of hydrogen-bond acceptors (Lipinski definition) is 1. The predicted octanol–water partition coefficient (Wildman–Crippen LogP) is 7.18. The SMILES string of the molecule is CCCCCCP(=O)(C=Cc1ccccc1)CCCCCC. The van der Waals surface area contributed by atoms with Crippen LogP contribution in [0.4, 0.5) is 0 Å². The molecule has 0 radical (unpaired) electrons. The van der Waals surface area contributed by atoms with Crippen LogP contribution in [0.15, 0.2) is 36.1 Å². The van der Waals surface area contributed by atoms with Crippen LogP contribution in [0.2, 0.25) is 0 Å². The van der Waals surface area contributed by atoms with Gasteiger partial charge in [-0.3, -0.25) is 0 Å². The molecule has 0 amide bonds. The van der Waals surface area contributed by atoms with Gasteiger partial charge in [-0.1, -0.05) is 88.8 Å². The Hall–Kier alpha value is -0.810. The highest BCUT2D eigenvalue weighted by molar-refractivity contribution is 7.67. The minimum absolute atomic E-state index is 0.891. The Morgan fingerprint density at radius 3 is 1.86 bits per heavy atom. The predicted molar refractivity (Wildman–Crippen MR) is 101 cm³/mol. The van der Waals surface area contributed by atoms with Gasteiger partial charge in [0.15, 0.2) is 0 Å². The maximum atomic E-state index is 13.2. The summed E-state index contributed by atoms with van der Waals surface area (Å²) in [6.07, 6.45) is 13.5. The molecule has 0 bridgehead atoms. The zero-order valence-corrected chi connectivity index (χ0v) is 15.4. The minimum Gasteiger partial charge on any atom is -0.319 e. The zero-order chi connectivity index (χ0) is 16.1. The maximum absolute atomic E-state index is 13.2. The molecule has 2 heteroatoms. The summed E-state index contributed by atoms with van der Waals surface area (Å²) in [6.45, 7) is 4.44. The van der Waals surface area contributed by atoms with E-state index in [4.69, 9.17) is 0 Å². The van der Waals surface area contributed by atoms with E-state index in [0.29, 0.717) is 0 Å². The summed E-state index contributed by atoms with van der Waals surface area (Å²) in [6, 6.07) is 10.2. The van der Waals surface area contributed by atoms with Gasteiger partial charge >= 0.3 is 0 Å². The van der Waals surface area contributed by atoms with E-state index in [1.807, 2.05) is 24.0 Å². The molecular weight excluding hydrogens is 287 g/mol. The summed E-state index contributed by atoms with van der Waals surface area (Å²) in [5.74, 6) is 2.04. The molecule has 0 N–H and O–H groups in total. The standard InChI is InChI=1S/C20H33OP/c1-3-5-7-12-17-22(21,18-13-8-6-4-2)19-16-20-14-10-9-11-15-20/h9-11,14-16,19H,3-8,12-13,17-18H2,1-2H3. The van der Waals surface area contributed by atoms with Crippen LogP contribution in [0.25, 0.3) is 6.08 Å². The molecule has 1 rings (SSSR count). The van der Waals surface area contributed by atoms with Crippen LogP contribution in [0.3, 0.4) is 0 Å². The van der Waals surface area contributed by atoms with Crippen LogP contribution >= 0.6 is 7.14 Å². The highest BCUT2D eigenvalue weighted by Gasteiger charge is 2.17. The molecule has 0 spiro atoms. The molecule has 1 aromatic rings. The first-order chi connectivity index (χ1) is 10.7. The lowest BCUT2D eigenvalue weighted by molar-refractivity contribution is 0.572. The fourth-order valence-corrected chi connectivity index (χ4v) is 5.14. The first-order valence-electron chi connectivity index (χ1n) is 9.02. The fraction of sp³-hybridized carbons (Fsp3) is 0.600. The zero-order valence-electron chi connectivity index (χ0n) is 14.5. The van der Waals surface area contributed by atoms with E-state index in [1.165, 1.54) is 38.5 Å². The lowest BCUT2D eigenvalue weighted by Gasteiger charge is -2.14. The summed E-state index contributed by atoms with van der Waals surface area (Å²) in [7, 11) is -2.15. The van der Waals surface area contributed by atoms with Gasteiger partial charge in [0.05, 0.1) is 0 Å². The molecule has 0 heterocycles. The molecule has 22 heavy (non-hydrogen) atoms. The van der Waals surface area contributed by atoms with Crippen molar-refractivity contribution in [3.05, 3.63) is 41.7 Å². The third kappa shape index (κ3) is 8.59. The molecule has 1 nitrogen and oxygen atoms in total. The van der Waals surface area contributed by atoms with E-state index >= 15 is 0 Å². The third-order valence-electron chi connectivity index (χ3n) is 4.12. The van der Waals surface area contributed by atoms with Gasteiger partial charge in [0, 0.05) is 12.3 Å². The lowest BCUT2D eigenvalue weighted by atomic mass is 10.2. The first-order valence-corrected chi connectivity index (χ1v) is 11.2. The van der Waals surface area contributed by atoms with Gasteiger partial charge < -0.3 is 4.57 Å². The Kier molecular flexibility index (Phi) is 10.2. The minimum atomic E-state index is -2.15. The summed E-state index contributed by atoms with van der Waals surface area (Å²) in [5.41, 5.74) is 1.16. The van der Waals surface area contributed by atoms with Gasteiger partial charge in [0.1, 0.15) is 7.14 Å². The first kappa shape index (κ1) is 19.2. The van der Waals surface area contributed by atoms with E-state index in [9.17, 15) is 4.57 Å². The molecule has 0 aromatic heterocycles. The largest absolute Gasteiger partial charge is 0.319 e. The summed E-state index contributed by atoms with van der Waals surface area (Å²) in [4.78, 5) is 0. The van der Waals surface area contributed by atoms with E-state index in [2.05, 4.69) is 32.1 Å². The Morgan fingerprint density at radius 1 is 0.818 bits per heavy atom. The van der Waals surface area contributed by atoms with E-state index < -0.39 is 7.14 Å². The van der Waals surface area contributed by atoms with Crippen molar-refractivity contribution in [3.63, 3.8) is 0 Å². The van der Waals surface area contributed by atoms with Gasteiger partial charge in [-0.25, -0.2) is 0 Å². The number of unbranched alkanes of at least 4 members (excludes halogenated alkanes) is 6. The molecule has 0 aliphatic heterocycles. The van der Waals surface area contributed by atoms with E-state index in [0.717, 1.165) is 30.7 Å². The van der Waals surface area contributed by atoms with Crippen molar-refractivity contribution in [2.24, 2.45) is 0 Å². The van der Waals surface area contributed by atoms with Crippen LogP contribution in [0, 0.1) is 0 Å². The van der Waals surface area contributed by atoms with Crippen molar-refractivity contribution in [3.8, 4) is 0 Å². The van der Waals surface area contributed by atoms with Crippen LogP contribution in [0.1, 0.15) is 70.8 Å². The van der Waals surface area contributed by atoms with Gasteiger partial charge in [0.25, 0.3) is 0 Å². The molecule has 0 saturated heterocycles. The second-order valence-corrected chi connectivity index (χ2v) is 9.34. The molecule has 0 atom stereocenters. The summed E-state index contributed by atoms with van der Waals surface area (Å²) in [5, 5.41) is 0. The van der Waals surface area contributed by atoms with Gasteiger partial charge in [-0.2, -0.15) is 0 Å². The normalized spacial score (nSPS) is 12.1. The van der Waals surface area contributed by atoms with Crippen molar-refractivity contribution in [1.82, 2.24) is 0 Å². The second-order valence-electron chi connectivity index (χ2n) is 6.25. The van der Waals surface area contributed by atoms with Crippen LogP contribution in [-0.4, -0.2) is 12.3 Å². The van der Waals surface area contributed by atoms with E-state index in [-0.39, 0.29) is 0 Å².